The molecule has 2 heterocycles. The Hall–Kier alpha value is -1.83. The smallest absolute Gasteiger partial charge is 0.378 e. The Morgan fingerprint density at radius 2 is 2.22 bits per heavy atom. The summed E-state index contributed by atoms with van der Waals surface area (Å²) in [5.74, 6) is -0.681. The number of rotatable bonds is 5. The number of hydrogen-bond acceptors (Lipinski definition) is 3. The maximum absolute atomic E-state index is 12.5. The number of alkyl halides is 3. The summed E-state index contributed by atoms with van der Waals surface area (Å²) >= 11 is 0. The highest BCUT2D eigenvalue weighted by Crippen LogP contribution is 2.26. The average molecular weight is 332 g/mol. The molecule has 2 atom stereocenters. The highest BCUT2D eigenvalue weighted by atomic mass is 19.4. The largest absolute Gasteiger partial charge is 0.431 e. The Bertz CT molecular complexity index is 607. The first-order valence-electron chi connectivity index (χ1n) is 7.50. The monoisotopic (exact) mass is 332 g/mol. The third kappa shape index (κ3) is 4.82. The number of nitrogens with one attached hydrogen (secondary N) is 2. The maximum Gasteiger partial charge on any atom is 0.431 e. The average Bonchev–Trinajstić information content (AvgIpc) is 2.97. The molecular formula is C15H19F3N2O3. The van der Waals surface area contributed by atoms with Gasteiger partial charge < -0.3 is 15.0 Å². The van der Waals surface area contributed by atoms with E-state index >= 15 is 0 Å². The minimum Gasteiger partial charge on any atom is -0.378 e. The van der Waals surface area contributed by atoms with Crippen LogP contribution in [-0.4, -0.2) is 29.6 Å². The normalized spacial score (nSPS) is 19.6. The molecule has 0 radical (unpaired) electrons. The van der Waals surface area contributed by atoms with Crippen molar-refractivity contribution in [3.05, 3.63) is 33.7 Å². The fourth-order valence-corrected chi connectivity index (χ4v) is 2.50. The van der Waals surface area contributed by atoms with Crippen LogP contribution in [0, 0.1) is 0 Å². The molecule has 0 aliphatic carbocycles. The molecule has 0 saturated carbocycles. The van der Waals surface area contributed by atoms with Gasteiger partial charge >= 0.3 is 6.18 Å². The van der Waals surface area contributed by atoms with Crippen LogP contribution in [0.4, 0.5) is 13.2 Å². The molecule has 0 bridgehead atoms. The fourth-order valence-electron chi connectivity index (χ4n) is 2.50. The predicted octanol–water partition coefficient (Wildman–Crippen LogP) is 2.47. The van der Waals surface area contributed by atoms with Crippen LogP contribution in [0.2, 0.25) is 0 Å². The number of carbonyl (C=O) groups is 1. The van der Waals surface area contributed by atoms with Gasteiger partial charge in [0.05, 0.1) is 6.10 Å². The molecule has 2 N–H and O–H groups in total. The van der Waals surface area contributed by atoms with Gasteiger partial charge in [-0.3, -0.25) is 9.59 Å². The SMILES string of the molecule is C[C@@H](CC[C@H]1CCCO1)NC(=O)c1ccc(C(F)(F)F)[nH]c1=O. The van der Waals surface area contributed by atoms with Crippen LogP contribution in [0.5, 0.6) is 0 Å². The van der Waals surface area contributed by atoms with Crippen LogP contribution in [0.25, 0.3) is 0 Å². The number of halogens is 3. The van der Waals surface area contributed by atoms with Gasteiger partial charge in [0.2, 0.25) is 0 Å². The van der Waals surface area contributed by atoms with Crippen molar-refractivity contribution >= 4 is 5.91 Å². The van der Waals surface area contributed by atoms with Crippen LogP contribution in [0.3, 0.4) is 0 Å². The van der Waals surface area contributed by atoms with Crippen LogP contribution in [-0.2, 0) is 10.9 Å². The zero-order chi connectivity index (χ0) is 17.0. The zero-order valence-corrected chi connectivity index (χ0v) is 12.7. The van der Waals surface area contributed by atoms with Gasteiger partial charge in [-0.05, 0) is 44.7 Å². The van der Waals surface area contributed by atoms with Gasteiger partial charge in [-0.2, -0.15) is 13.2 Å². The molecule has 5 nitrogen and oxygen atoms in total. The van der Waals surface area contributed by atoms with Crippen molar-refractivity contribution in [2.45, 2.75) is 50.9 Å². The number of H-pyrrole nitrogens is 1. The van der Waals surface area contributed by atoms with Crippen LogP contribution >= 0.6 is 0 Å². The summed E-state index contributed by atoms with van der Waals surface area (Å²) in [5, 5.41) is 2.62. The van der Waals surface area contributed by atoms with E-state index in [1.54, 1.807) is 11.9 Å². The van der Waals surface area contributed by atoms with E-state index in [4.69, 9.17) is 4.74 Å². The fraction of sp³-hybridized carbons (Fsp3) is 0.600. The third-order valence-electron chi connectivity index (χ3n) is 3.78. The number of carbonyl (C=O) groups excluding carboxylic acids is 1. The molecule has 0 unspecified atom stereocenters. The molecule has 1 aromatic heterocycles. The topological polar surface area (TPSA) is 71.2 Å². The Kier molecular flexibility index (Phi) is 5.46. The summed E-state index contributed by atoms with van der Waals surface area (Å²) in [4.78, 5) is 25.3. The van der Waals surface area contributed by atoms with Crippen LogP contribution < -0.4 is 10.9 Å². The molecule has 1 aliphatic heterocycles. The van der Waals surface area contributed by atoms with Crippen molar-refractivity contribution in [2.75, 3.05) is 6.61 Å². The van der Waals surface area contributed by atoms with Crippen LogP contribution in [0.1, 0.15) is 48.7 Å². The van der Waals surface area contributed by atoms with Crippen molar-refractivity contribution in [3.63, 3.8) is 0 Å². The zero-order valence-electron chi connectivity index (χ0n) is 12.7. The van der Waals surface area contributed by atoms with Gasteiger partial charge in [0.1, 0.15) is 11.3 Å². The molecule has 2 rings (SSSR count). The highest BCUT2D eigenvalue weighted by molar-refractivity contribution is 5.93. The van der Waals surface area contributed by atoms with E-state index in [2.05, 4.69) is 5.32 Å². The number of hydrogen-bond donors (Lipinski definition) is 2. The standard InChI is InChI=1S/C15H19F3N2O3/c1-9(4-5-10-3-2-8-23-10)19-13(21)11-6-7-12(15(16,17)18)20-14(11)22/h6-7,9-10H,2-5,8H2,1H3,(H,19,21)(H,20,22)/t9-,10+/m0/s1. The van der Waals surface area contributed by atoms with Gasteiger partial charge in [0.25, 0.3) is 11.5 Å². The number of aromatic nitrogens is 1. The van der Waals surface area contributed by atoms with Crippen molar-refractivity contribution < 1.29 is 22.7 Å². The second-order valence-corrected chi connectivity index (χ2v) is 5.70. The maximum atomic E-state index is 12.5. The molecule has 1 amide bonds. The predicted molar refractivity (Wildman–Crippen MR) is 77.2 cm³/mol. The van der Waals surface area contributed by atoms with Gasteiger partial charge in [0.15, 0.2) is 0 Å². The summed E-state index contributed by atoms with van der Waals surface area (Å²) < 4.78 is 42.9. The second-order valence-electron chi connectivity index (χ2n) is 5.70. The van der Waals surface area contributed by atoms with Crippen molar-refractivity contribution in [3.8, 4) is 0 Å². The molecule has 8 heteroatoms. The molecule has 1 aromatic rings. The Labute approximate surface area is 131 Å². The first-order valence-corrected chi connectivity index (χ1v) is 7.50. The highest BCUT2D eigenvalue weighted by Gasteiger charge is 2.32. The summed E-state index contributed by atoms with van der Waals surface area (Å²) in [6.07, 6.45) is -0.947. The van der Waals surface area contributed by atoms with Gasteiger partial charge in [-0.15, -0.1) is 0 Å². The van der Waals surface area contributed by atoms with Gasteiger partial charge in [0, 0.05) is 12.6 Å². The second kappa shape index (κ2) is 7.16. The summed E-state index contributed by atoms with van der Waals surface area (Å²) in [6, 6.07) is 1.38. The van der Waals surface area contributed by atoms with Crippen LogP contribution in [0.15, 0.2) is 16.9 Å². The van der Waals surface area contributed by atoms with E-state index in [-0.39, 0.29) is 17.7 Å². The minimum absolute atomic E-state index is 0.198. The first kappa shape index (κ1) is 17.5. The Morgan fingerprint density at radius 3 is 2.78 bits per heavy atom. The Balaban J connectivity index is 1.93. The summed E-state index contributed by atoms with van der Waals surface area (Å²) in [6.45, 7) is 2.54. The molecule has 128 valence electrons. The lowest BCUT2D eigenvalue weighted by Gasteiger charge is -2.16. The first-order chi connectivity index (χ1) is 10.8. The van der Waals surface area contributed by atoms with E-state index in [9.17, 15) is 22.8 Å². The molecule has 1 fully saturated rings. The number of ether oxygens (including phenoxy) is 1. The lowest BCUT2D eigenvalue weighted by Crippen LogP contribution is -2.36. The lowest BCUT2D eigenvalue weighted by molar-refractivity contribution is -0.141. The van der Waals surface area contributed by atoms with Crippen molar-refractivity contribution in [2.24, 2.45) is 0 Å². The molecule has 0 spiro atoms. The minimum atomic E-state index is -4.65. The lowest BCUT2D eigenvalue weighted by atomic mass is 10.1. The van der Waals surface area contributed by atoms with Gasteiger partial charge in [-0.1, -0.05) is 0 Å². The quantitative estimate of drug-likeness (QED) is 0.870. The number of amides is 1. The van der Waals surface area contributed by atoms with E-state index < -0.39 is 23.3 Å². The number of pyridine rings is 1. The van der Waals surface area contributed by atoms with E-state index in [1.807, 2.05) is 0 Å². The molecule has 1 aliphatic rings. The molecule has 23 heavy (non-hydrogen) atoms. The van der Waals surface area contributed by atoms with Gasteiger partial charge in [-0.25, -0.2) is 0 Å². The molecular weight excluding hydrogens is 313 g/mol. The number of aromatic amines is 1. The summed E-state index contributed by atoms with van der Waals surface area (Å²) in [7, 11) is 0. The van der Waals surface area contributed by atoms with E-state index in [1.165, 1.54) is 0 Å². The van der Waals surface area contributed by atoms with Crippen molar-refractivity contribution in [1.82, 2.24) is 10.3 Å². The summed E-state index contributed by atoms with van der Waals surface area (Å²) in [5.41, 5.74) is -2.56. The van der Waals surface area contributed by atoms with E-state index in [0.717, 1.165) is 31.9 Å². The third-order valence-corrected chi connectivity index (χ3v) is 3.78. The Morgan fingerprint density at radius 1 is 1.48 bits per heavy atom. The van der Waals surface area contributed by atoms with E-state index in [0.29, 0.717) is 12.5 Å². The van der Waals surface area contributed by atoms with Crippen molar-refractivity contribution in [1.29, 1.82) is 0 Å². The molecule has 0 aromatic carbocycles. The molecule has 1 saturated heterocycles.